The van der Waals surface area contributed by atoms with Crippen LogP contribution in [-0.4, -0.2) is 15.4 Å². The number of hydrogen-bond donors (Lipinski definition) is 0. The van der Waals surface area contributed by atoms with Gasteiger partial charge in [0.15, 0.2) is 0 Å². The fourth-order valence-electron chi connectivity index (χ4n) is 7.21. The lowest BCUT2D eigenvalue weighted by molar-refractivity contribution is 0.629. The Kier molecular flexibility index (Phi) is 7.71. The third-order valence-electron chi connectivity index (χ3n) is 9.39. The average Bonchev–Trinajstić information content (AvgIpc) is 3.57. The summed E-state index contributed by atoms with van der Waals surface area (Å²) < 4.78 is 34.2. The molecular formula is C45H27F2N3S. The Balaban J connectivity index is 1.49. The first-order valence-electron chi connectivity index (χ1n) is 16.6. The van der Waals surface area contributed by atoms with Crippen LogP contribution in [0.2, 0.25) is 0 Å². The van der Waals surface area contributed by atoms with Gasteiger partial charge in [-0.2, -0.15) is 0 Å². The molecule has 9 aromatic rings. The maximum atomic E-state index is 16.2. The predicted octanol–water partition coefficient (Wildman–Crippen LogP) is 12.5. The van der Waals surface area contributed by atoms with Crippen molar-refractivity contribution >= 4 is 31.5 Å². The van der Waals surface area contributed by atoms with E-state index in [9.17, 15) is 0 Å². The summed E-state index contributed by atoms with van der Waals surface area (Å²) in [6, 6.07) is 50.5. The van der Waals surface area contributed by atoms with Crippen molar-refractivity contribution in [2.24, 2.45) is 0 Å². The third-order valence-corrected chi connectivity index (χ3v) is 10.5. The Morgan fingerprint density at radius 2 is 1.02 bits per heavy atom. The van der Waals surface area contributed by atoms with Gasteiger partial charge in [0.05, 0.1) is 11.9 Å². The Labute approximate surface area is 297 Å². The van der Waals surface area contributed by atoms with E-state index in [1.807, 2.05) is 30.3 Å². The summed E-state index contributed by atoms with van der Waals surface area (Å²) in [6.07, 6.45) is 1.58. The molecule has 2 heterocycles. The van der Waals surface area contributed by atoms with Gasteiger partial charge in [-0.25, -0.2) is 8.78 Å². The fraction of sp³-hybridized carbons (Fsp3) is 0. The van der Waals surface area contributed by atoms with Crippen LogP contribution in [0.5, 0.6) is 0 Å². The monoisotopic (exact) mass is 679 g/mol. The average molecular weight is 680 g/mol. The van der Waals surface area contributed by atoms with Gasteiger partial charge in [0, 0.05) is 42.4 Å². The van der Waals surface area contributed by atoms with Crippen molar-refractivity contribution in [3.63, 3.8) is 0 Å². The van der Waals surface area contributed by atoms with Crippen LogP contribution in [0.4, 0.5) is 8.78 Å². The summed E-state index contributed by atoms with van der Waals surface area (Å²) in [5.41, 5.74) is 8.92. The number of fused-ring (bicyclic) bond motifs is 3. The molecule has 0 radical (unpaired) electrons. The lowest BCUT2D eigenvalue weighted by atomic mass is 9.80. The molecule has 0 N–H and O–H groups in total. The van der Waals surface area contributed by atoms with Crippen molar-refractivity contribution in [3.05, 3.63) is 176 Å². The molecule has 0 aliphatic heterocycles. The lowest BCUT2D eigenvalue weighted by Gasteiger charge is -2.23. The van der Waals surface area contributed by atoms with Crippen LogP contribution in [0.25, 0.3) is 87.1 Å². The maximum absolute atomic E-state index is 16.2. The van der Waals surface area contributed by atoms with E-state index in [1.165, 1.54) is 12.1 Å². The molecule has 2 aromatic heterocycles. The first kappa shape index (κ1) is 30.7. The minimum Gasteiger partial charge on any atom is -0.206 e. The SMILES string of the molecule is Fc1ccccc1-c1ccc(-c2c(-c3ccccc3-c3ccccc3)ccc3sc4ccccc4c23)c(-c2ccnnn2)c1-c1ccccc1F. The van der Waals surface area contributed by atoms with E-state index in [0.29, 0.717) is 33.5 Å². The lowest BCUT2D eigenvalue weighted by Crippen LogP contribution is -2.01. The summed E-state index contributed by atoms with van der Waals surface area (Å²) in [5, 5.41) is 14.8. The first-order chi connectivity index (χ1) is 25.2. The Hall–Kier alpha value is -6.37. The zero-order valence-corrected chi connectivity index (χ0v) is 27.9. The van der Waals surface area contributed by atoms with Crippen molar-refractivity contribution < 1.29 is 8.78 Å². The molecule has 6 heteroatoms. The molecule has 242 valence electrons. The molecule has 0 bridgehead atoms. The minimum absolute atomic E-state index is 0.333. The molecule has 0 aliphatic rings. The molecule has 0 unspecified atom stereocenters. The summed E-state index contributed by atoms with van der Waals surface area (Å²) in [5.74, 6) is -0.831. The highest BCUT2D eigenvalue weighted by molar-refractivity contribution is 7.26. The summed E-state index contributed by atoms with van der Waals surface area (Å²) in [7, 11) is 0. The van der Waals surface area contributed by atoms with Gasteiger partial charge in [-0.1, -0.05) is 127 Å². The van der Waals surface area contributed by atoms with E-state index < -0.39 is 11.6 Å². The summed E-state index contributed by atoms with van der Waals surface area (Å²) in [6.45, 7) is 0. The van der Waals surface area contributed by atoms with E-state index in [2.05, 4.69) is 88.2 Å². The molecule has 51 heavy (non-hydrogen) atoms. The van der Waals surface area contributed by atoms with E-state index in [4.69, 9.17) is 0 Å². The number of aromatic nitrogens is 3. The standard InChI is InChI=1S/C45H27F2N3S/c46-37-19-9-6-16-31(37)33-22-23-36(44(39-26-27-48-50-49-39)42(33)34-17-7-10-20-38(34)47)43-32(24-25-41-45(43)35-18-8-11-21-40(35)51-41)30-15-5-4-14-29(30)28-12-2-1-3-13-28/h1-27H. The van der Waals surface area contributed by atoms with E-state index in [-0.39, 0.29) is 0 Å². The van der Waals surface area contributed by atoms with Crippen LogP contribution in [0, 0.1) is 11.6 Å². The topological polar surface area (TPSA) is 38.7 Å². The Morgan fingerprint density at radius 1 is 0.412 bits per heavy atom. The van der Waals surface area contributed by atoms with Crippen molar-refractivity contribution in [2.45, 2.75) is 0 Å². The first-order valence-corrected chi connectivity index (χ1v) is 17.4. The van der Waals surface area contributed by atoms with Gasteiger partial charge in [0.25, 0.3) is 0 Å². The molecule has 0 spiro atoms. The van der Waals surface area contributed by atoms with Crippen LogP contribution in [0.3, 0.4) is 0 Å². The van der Waals surface area contributed by atoms with Gasteiger partial charge in [-0.05, 0) is 74.5 Å². The van der Waals surface area contributed by atoms with E-state index in [0.717, 1.165) is 53.6 Å². The molecule has 0 saturated carbocycles. The summed E-state index contributed by atoms with van der Waals surface area (Å²) in [4.78, 5) is 0. The number of rotatable bonds is 6. The zero-order valence-electron chi connectivity index (χ0n) is 27.1. The molecular weight excluding hydrogens is 653 g/mol. The maximum Gasteiger partial charge on any atom is 0.131 e. The largest absolute Gasteiger partial charge is 0.206 e. The van der Waals surface area contributed by atoms with Gasteiger partial charge in [0.1, 0.15) is 11.6 Å². The molecule has 0 fully saturated rings. The third kappa shape index (κ3) is 5.28. The zero-order chi connectivity index (χ0) is 34.3. The second-order valence-electron chi connectivity index (χ2n) is 12.2. The normalized spacial score (nSPS) is 11.3. The second-order valence-corrected chi connectivity index (χ2v) is 13.3. The van der Waals surface area contributed by atoms with E-state index in [1.54, 1.807) is 60.0 Å². The predicted molar refractivity (Wildman–Crippen MR) is 205 cm³/mol. The smallest absolute Gasteiger partial charge is 0.131 e. The van der Waals surface area contributed by atoms with Crippen LogP contribution in [0.1, 0.15) is 0 Å². The van der Waals surface area contributed by atoms with E-state index >= 15 is 8.78 Å². The highest BCUT2D eigenvalue weighted by atomic mass is 32.1. The van der Waals surface area contributed by atoms with Gasteiger partial charge >= 0.3 is 0 Å². The van der Waals surface area contributed by atoms with Crippen molar-refractivity contribution in [1.82, 2.24) is 15.4 Å². The molecule has 3 nitrogen and oxygen atoms in total. The molecule has 0 atom stereocenters. The molecule has 9 rings (SSSR count). The van der Waals surface area contributed by atoms with Crippen molar-refractivity contribution in [2.75, 3.05) is 0 Å². The number of halogens is 2. The highest BCUT2D eigenvalue weighted by Crippen LogP contribution is 2.52. The number of nitrogens with zero attached hydrogens (tertiary/aromatic N) is 3. The van der Waals surface area contributed by atoms with Crippen molar-refractivity contribution in [3.8, 4) is 66.9 Å². The number of benzene rings is 7. The molecule has 0 saturated heterocycles. The van der Waals surface area contributed by atoms with Crippen molar-refractivity contribution in [1.29, 1.82) is 0 Å². The summed E-state index contributed by atoms with van der Waals surface area (Å²) >= 11 is 1.73. The quantitative estimate of drug-likeness (QED) is 0.176. The highest BCUT2D eigenvalue weighted by Gasteiger charge is 2.27. The second kappa shape index (κ2) is 12.8. The Morgan fingerprint density at radius 3 is 1.76 bits per heavy atom. The number of thiophene rings is 1. The minimum atomic E-state index is -0.427. The number of hydrogen-bond acceptors (Lipinski definition) is 4. The van der Waals surface area contributed by atoms with Crippen LogP contribution >= 0.6 is 11.3 Å². The van der Waals surface area contributed by atoms with Gasteiger partial charge < -0.3 is 0 Å². The molecule has 0 aliphatic carbocycles. The van der Waals surface area contributed by atoms with Crippen LogP contribution < -0.4 is 0 Å². The Bertz CT molecular complexity index is 2720. The van der Waals surface area contributed by atoms with Gasteiger partial charge in [-0.3, -0.25) is 0 Å². The molecule has 0 amide bonds. The fourth-order valence-corrected chi connectivity index (χ4v) is 8.32. The van der Waals surface area contributed by atoms with Gasteiger partial charge in [0.2, 0.25) is 0 Å². The van der Waals surface area contributed by atoms with Crippen LogP contribution in [0.15, 0.2) is 164 Å². The van der Waals surface area contributed by atoms with Gasteiger partial charge in [-0.15, -0.1) is 21.5 Å². The molecule has 7 aromatic carbocycles. The van der Waals surface area contributed by atoms with Crippen LogP contribution in [-0.2, 0) is 0 Å².